The number of carbonyl (C=O) groups is 1. The largest absolute Gasteiger partial charge is 0.395 e. The number of nitrogens with two attached hydrogens (primary N) is 1. The van der Waals surface area contributed by atoms with Crippen molar-refractivity contribution in [2.45, 2.75) is 19.8 Å². The average molecular weight is 279 g/mol. The van der Waals surface area contributed by atoms with E-state index in [4.69, 9.17) is 17.3 Å². The lowest BCUT2D eigenvalue weighted by molar-refractivity contribution is 0.102. The number of hydrogen-bond acceptors (Lipinski definition) is 3. The van der Waals surface area contributed by atoms with Gasteiger partial charge in [0.1, 0.15) is 0 Å². The van der Waals surface area contributed by atoms with Crippen LogP contribution in [0.25, 0.3) is 0 Å². The number of aryl methyl sites for hydroxylation is 1. The van der Waals surface area contributed by atoms with Crippen molar-refractivity contribution in [3.05, 3.63) is 40.7 Å². The highest BCUT2D eigenvalue weighted by Gasteiger charge is 2.16. The number of aromatic amines is 1. The molecule has 1 amide bonds. The Bertz CT molecular complexity index is 577. The normalized spacial score (nSPS) is 10.4. The Morgan fingerprint density at radius 2 is 2.11 bits per heavy atom. The van der Waals surface area contributed by atoms with Gasteiger partial charge in [0.2, 0.25) is 0 Å². The minimum Gasteiger partial charge on any atom is -0.395 e. The monoisotopic (exact) mass is 278 g/mol. The molecule has 0 atom stereocenters. The van der Waals surface area contributed by atoms with Crippen LogP contribution in [0.4, 0.5) is 11.4 Å². The molecule has 0 aliphatic carbocycles. The predicted octanol–water partition coefficient (Wildman–Crippen LogP) is 2.85. The summed E-state index contributed by atoms with van der Waals surface area (Å²) in [6.07, 6.45) is 1.71. The fraction of sp³-hybridized carbons (Fsp3) is 0.231. The number of H-pyrrole nitrogens is 1. The molecule has 0 aliphatic heterocycles. The lowest BCUT2D eigenvalue weighted by atomic mass is 10.2. The van der Waals surface area contributed by atoms with Gasteiger partial charge in [-0.1, -0.05) is 24.9 Å². The third-order valence-electron chi connectivity index (χ3n) is 2.70. The number of benzene rings is 1. The van der Waals surface area contributed by atoms with E-state index in [0.29, 0.717) is 16.4 Å². The Morgan fingerprint density at radius 1 is 1.42 bits per heavy atom. The molecule has 0 unspecified atom stereocenters. The molecule has 0 fully saturated rings. The van der Waals surface area contributed by atoms with Crippen molar-refractivity contribution in [2.24, 2.45) is 0 Å². The maximum Gasteiger partial charge on any atom is 0.278 e. The number of hydrogen-bond donors (Lipinski definition) is 3. The summed E-state index contributed by atoms with van der Waals surface area (Å²) in [5, 5.41) is 10.1. The first-order chi connectivity index (χ1) is 9.11. The van der Waals surface area contributed by atoms with Crippen LogP contribution in [-0.4, -0.2) is 16.1 Å². The van der Waals surface area contributed by atoms with Crippen molar-refractivity contribution in [3.63, 3.8) is 0 Å². The number of nitrogens with zero attached hydrogens (tertiary/aromatic N) is 1. The number of carbonyl (C=O) groups excluding carboxylic acids is 1. The van der Waals surface area contributed by atoms with E-state index in [1.165, 1.54) is 0 Å². The number of amides is 1. The Balaban J connectivity index is 2.13. The zero-order valence-corrected chi connectivity index (χ0v) is 11.3. The maximum absolute atomic E-state index is 12.0. The molecule has 1 aromatic carbocycles. The second-order valence-corrected chi connectivity index (χ2v) is 4.61. The van der Waals surface area contributed by atoms with Gasteiger partial charge in [-0.2, -0.15) is 5.10 Å². The topological polar surface area (TPSA) is 83.8 Å². The molecule has 0 saturated carbocycles. The van der Waals surface area contributed by atoms with Crippen molar-refractivity contribution in [3.8, 4) is 0 Å². The van der Waals surface area contributed by atoms with Crippen LogP contribution in [0.5, 0.6) is 0 Å². The van der Waals surface area contributed by atoms with Gasteiger partial charge in [-0.25, -0.2) is 0 Å². The van der Waals surface area contributed by atoms with Crippen LogP contribution in [0, 0.1) is 0 Å². The highest BCUT2D eigenvalue weighted by Crippen LogP contribution is 2.18. The molecule has 2 aromatic rings. The average Bonchev–Trinajstić information content (AvgIpc) is 2.75. The number of rotatable bonds is 4. The summed E-state index contributed by atoms with van der Waals surface area (Å²) in [6.45, 7) is 2.04. The maximum atomic E-state index is 12.0. The number of nitrogens with one attached hydrogen (secondary N) is 2. The lowest BCUT2D eigenvalue weighted by Crippen LogP contribution is -2.14. The van der Waals surface area contributed by atoms with Crippen molar-refractivity contribution < 1.29 is 4.79 Å². The molecule has 1 heterocycles. The van der Waals surface area contributed by atoms with E-state index < -0.39 is 0 Å². The van der Waals surface area contributed by atoms with E-state index in [0.717, 1.165) is 18.5 Å². The van der Waals surface area contributed by atoms with Gasteiger partial charge in [0.15, 0.2) is 5.69 Å². The summed E-state index contributed by atoms with van der Waals surface area (Å²) in [4.78, 5) is 12.0. The molecule has 0 saturated heterocycles. The molecule has 100 valence electrons. The molecule has 4 N–H and O–H groups in total. The first-order valence-electron chi connectivity index (χ1n) is 6.01. The minimum atomic E-state index is -0.335. The highest BCUT2D eigenvalue weighted by molar-refractivity contribution is 6.30. The molecule has 5 nitrogen and oxygen atoms in total. The van der Waals surface area contributed by atoms with Crippen molar-refractivity contribution in [1.29, 1.82) is 0 Å². The number of nitrogen functional groups attached to an aromatic ring is 1. The predicted molar refractivity (Wildman–Crippen MR) is 76.4 cm³/mol. The van der Waals surface area contributed by atoms with Crippen molar-refractivity contribution in [2.75, 3.05) is 11.1 Å². The molecule has 2 rings (SSSR count). The van der Waals surface area contributed by atoms with Crippen LogP contribution in [0.2, 0.25) is 5.02 Å². The van der Waals surface area contributed by atoms with Gasteiger partial charge in [-0.05, 0) is 30.7 Å². The smallest absolute Gasteiger partial charge is 0.278 e. The van der Waals surface area contributed by atoms with E-state index in [-0.39, 0.29) is 11.6 Å². The summed E-state index contributed by atoms with van der Waals surface area (Å²) in [7, 11) is 0. The molecule has 19 heavy (non-hydrogen) atoms. The summed E-state index contributed by atoms with van der Waals surface area (Å²) in [5.41, 5.74) is 7.97. The summed E-state index contributed by atoms with van der Waals surface area (Å²) in [6, 6.07) is 6.84. The Morgan fingerprint density at radius 3 is 2.74 bits per heavy atom. The third kappa shape index (κ3) is 3.06. The van der Waals surface area contributed by atoms with E-state index in [2.05, 4.69) is 15.5 Å². The SMILES string of the molecule is CCCc1[nH]nc(C(=O)Nc2ccc(Cl)cc2)c1N. The Hall–Kier alpha value is -2.01. The van der Waals surface area contributed by atoms with Crippen molar-refractivity contribution in [1.82, 2.24) is 10.2 Å². The number of halogens is 1. The number of anilines is 2. The molecule has 0 spiro atoms. The fourth-order valence-electron chi connectivity index (χ4n) is 1.72. The Kier molecular flexibility index (Phi) is 4.06. The van der Waals surface area contributed by atoms with Gasteiger partial charge >= 0.3 is 0 Å². The van der Waals surface area contributed by atoms with Crippen LogP contribution < -0.4 is 11.1 Å². The summed E-state index contributed by atoms with van der Waals surface area (Å²) >= 11 is 5.78. The van der Waals surface area contributed by atoms with Crippen LogP contribution in [-0.2, 0) is 6.42 Å². The van der Waals surface area contributed by atoms with Gasteiger partial charge in [-0.15, -0.1) is 0 Å². The zero-order chi connectivity index (χ0) is 13.8. The second kappa shape index (κ2) is 5.75. The summed E-state index contributed by atoms with van der Waals surface area (Å²) < 4.78 is 0. The van der Waals surface area contributed by atoms with E-state index in [1.54, 1.807) is 24.3 Å². The summed E-state index contributed by atoms with van der Waals surface area (Å²) in [5.74, 6) is -0.335. The third-order valence-corrected chi connectivity index (χ3v) is 2.95. The van der Waals surface area contributed by atoms with Gasteiger partial charge in [0.25, 0.3) is 5.91 Å². The van der Waals surface area contributed by atoms with Crippen LogP contribution in [0.15, 0.2) is 24.3 Å². The molecule has 0 radical (unpaired) electrons. The molecular weight excluding hydrogens is 264 g/mol. The number of aromatic nitrogens is 2. The second-order valence-electron chi connectivity index (χ2n) is 4.18. The highest BCUT2D eigenvalue weighted by atomic mass is 35.5. The van der Waals surface area contributed by atoms with Gasteiger partial charge in [-0.3, -0.25) is 9.89 Å². The first-order valence-corrected chi connectivity index (χ1v) is 6.39. The molecule has 0 aliphatic rings. The molecule has 6 heteroatoms. The van der Waals surface area contributed by atoms with E-state index in [1.807, 2.05) is 6.92 Å². The van der Waals surface area contributed by atoms with Gasteiger partial charge in [0, 0.05) is 10.7 Å². The van der Waals surface area contributed by atoms with Gasteiger partial charge in [0.05, 0.1) is 11.4 Å². The Labute approximate surface area is 116 Å². The van der Waals surface area contributed by atoms with Crippen LogP contribution >= 0.6 is 11.6 Å². The first kappa shape index (κ1) is 13.4. The van der Waals surface area contributed by atoms with Crippen LogP contribution in [0.1, 0.15) is 29.5 Å². The van der Waals surface area contributed by atoms with Gasteiger partial charge < -0.3 is 11.1 Å². The zero-order valence-electron chi connectivity index (χ0n) is 10.5. The molecule has 1 aromatic heterocycles. The minimum absolute atomic E-state index is 0.221. The van der Waals surface area contributed by atoms with Crippen molar-refractivity contribution >= 4 is 28.9 Å². The van der Waals surface area contributed by atoms with E-state index >= 15 is 0 Å². The van der Waals surface area contributed by atoms with E-state index in [9.17, 15) is 4.79 Å². The van der Waals surface area contributed by atoms with Crippen LogP contribution in [0.3, 0.4) is 0 Å². The molecular formula is C13H15ClN4O. The fourth-order valence-corrected chi connectivity index (χ4v) is 1.85. The molecule has 0 bridgehead atoms. The standard InChI is InChI=1S/C13H15ClN4O/c1-2-3-10-11(15)12(18-17-10)13(19)16-9-6-4-8(14)5-7-9/h4-7H,2-3,15H2,1H3,(H,16,19)(H,17,18). The quantitative estimate of drug-likeness (QED) is 0.804. The lowest BCUT2D eigenvalue weighted by Gasteiger charge is -2.04.